The molecule has 2 aromatic rings. The summed E-state index contributed by atoms with van der Waals surface area (Å²) in [5, 5.41) is 3.20. The molecule has 0 aliphatic heterocycles. The second-order valence-corrected chi connectivity index (χ2v) is 8.44. The molecule has 2 aromatic carbocycles. The van der Waals surface area contributed by atoms with Crippen LogP contribution >= 0.6 is 11.6 Å². The van der Waals surface area contributed by atoms with Gasteiger partial charge in [0.2, 0.25) is 15.9 Å². The minimum absolute atomic E-state index is 0.158. The van der Waals surface area contributed by atoms with E-state index in [4.69, 9.17) is 16.3 Å². The monoisotopic (exact) mass is 410 g/mol. The van der Waals surface area contributed by atoms with Gasteiger partial charge in [-0.05, 0) is 56.2 Å². The number of anilines is 1. The second kappa shape index (κ2) is 9.21. The number of ether oxygens (including phenoxy) is 1. The second-order valence-electron chi connectivity index (χ2n) is 6.32. The van der Waals surface area contributed by atoms with Crippen LogP contribution in [0.25, 0.3) is 0 Å². The van der Waals surface area contributed by atoms with Gasteiger partial charge in [-0.15, -0.1) is 0 Å². The van der Waals surface area contributed by atoms with Crippen LogP contribution < -0.4 is 14.8 Å². The molecular weight excluding hydrogens is 388 g/mol. The van der Waals surface area contributed by atoms with Crippen LogP contribution in [-0.2, 0) is 21.2 Å². The SMILES string of the molecule is COc1ccc(NC(=O)CCc2ccc(S(=O)(=O)NC(C)C)cc2)cc1Cl. The van der Waals surface area contributed by atoms with Crippen molar-refractivity contribution in [2.24, 2.45) is 0 Å². The molecule has 1 amide bonds. The van der Waals surface area contributed by atoms with Crippen LogP contribution in [0.2, 0.25) is 5.02 Å². The third-order valence-corrected chi connectivity index (χ3v) is 5.67. The Morgan fingerprint density at radius 3 is 2.37 bits per heavy atom. The van der Waals surface area contributed by atoms with Crippen molar-refractivity contribution in [3.63, 3.8) is 0 Å². The van der Waals surface area contributed by atoms with Gasteiger partial charge >= 0.3 is 0 Å². The van der Waals surface area contributed by atoms with Crippen molar-refractivity contribution < 1.29 is 17.9 Å². The Labute approximate surface area is 164 Å². The topological polar surface area (TPSA) is 84.5 Å². The normalized spacial score (nSPS) is 11.4. The fourth-order valence-corrected chi connectivity index (χ4v) is 3.95. The number of methoxy groups -OCH3 is 1. The Morgan fingerprint density at radius 2 is 1.81 bits per heavy atom. The molecule has 0 bridgehead atoms. The molecule has 27 heavy (non-hydrogen) atoms. The molecule has 0 fully saturated rings. The first kappa shape index (κ1) is 21.2. The lowest BCUT2D eigenvalue weighted by Crippen LogP contribution is -2.30. The molecule has 0 saturated carbocycles. The number of hydrogen-bond acceptors (Lipinski definition) is 4. The quantitative estimate of drug-likeness (QED) is 0.696. The summed E-state index contributed by atoms with van der Waals surface area (Å²) >= 11 is 6.04. The number of carbonyl (C=O) groups excluding carboxylic acids is 1. The summed E-state index contributed by atoms with van der Waals surface area (Å²) in [5.41, 5.74) is 1.47. The predicted molar refractivity (Wildman–Crippen MR) is 107 cm³/mol. The van der Waals surface area contributed by atoms with Crippen molar-refractivity contribution in [1.82, 2.24) is 4.72 Å². The van der Waals surface area contributed by atoms with E-state index in [1.807, 2.05) is 0 Å². The van der Waals surface area contributed by atoms with E-state index in [1.54, 1.807) is 56.3 Å². The highest BCUT2D eigenvalue weighted by molar-refractivity contribution is 7.89. The zero-order valence-corrected chi connectivity index (χ0v) is 17.0. The van der Waals surface area contributed by atoms with Crippen LogP contribution in [0.5, 0.6) is 5.75 Å². The summed E-state index contributed by atoms with van der Waals surface area (Å²) in [4.78, 5) is 12.3. The van der Waals surface area contributed by atoms with Gasteiger partial charge in [-0.25, -0.2) is 13.1 Å². The van der Waals surface area contributed by atoms with Gasteiger partial charge in [-0.2, -0.15) is 0 Å². The van der Waals surface area contributed by atoms with Crippen LogP contribution in [0.3, 0.4) is 0 Å². The Balaban J connectivity index is 1.92. The van der Waals surface area contributed by atoms with E-state index in [0.717, 1.165) is 5.56 Å². The molecular formula is C19H23ClN2O4S. The lowest BCUT2D eigenvalue weighted by atomic mass is 10.1. The molecule has 0 radical (unpaired) electrons. The van der Waals surface area contributed by atoms with Crippen molar-refractivity contribution in [3.8, 4) is 5.75 Å². The third-order valence-electron chi connectivity index (χ3n) is 3.70. The molecule has 146 valence electrons. The van der Waals surface area contributed by atoms with E-state index in [9.17, 15) is 13.2 Å². The molecule has 0 unspecified atom stereocenters. The van der Waals surface area contributed by atoms with Gasteiger partial charge in [0.15, 0.2) is 0 Å². The van der Waals surface area contributed by atoms with Crippen LogP contribution in [0.1, 0.15) is 25.8 Å². The van der Waals surface area contributed by atoms with E-state index in [-0.39, 0.29) is 23.3 Å². The minimum atomic E-state index is -3.51. The van der Waals surface area contributed by atoms with Gasteiger partial charge in [-0.1, -0.05) is 23.7 Å². The molecule has 2 N–H and O–H groups in total. The molecule has 8 heteroatoms. The van der Waals surface area contributed by atoms with Gasteiger partial charge in [0, 0.05) is 18.2 Å². The number of carbonyl (C=O) groups is 1. The third kappa shape index (κ3) is 6.23. The van der Waals surface area contributed by atoms with Gasteiger partial charge in [0.1, 0.15) is 5.75 Å². The summed E-state index contributed by atoms with van der Waals surface area (Å²) in [6, 6.07) is 11.4. The molecule has 0 saturated heterocycles. The predicted octanol–water partition coefficient (Wildman–Crippen LogP) is 3.61. The average molecular weight is 411 g/mol. The van der Waals surface area contributed by atoms with Gasteiger partial charge < -0.3 is 10.1 Å². The molecule has 0 aliphatic rings. The first-order valence-electron chi connectivity index (χ1n) is 8.46. The smallest absolute Gasteiger partial charge is 0.240 e. The number of rotatable bonds is 8. The number of halogens is 1. The molecule has 6 nitrogen and oxygen atoms in total. The molecule has 0 heterocycles. The van der Waals surface area contributed by atoms with Crippen LogP contribution in [0.15, 0.2) is 47.4 Å². The van der Waals surface area contributed by atoms with E-state index in [2.05, 4.69) is 10.0 Å². The highest BCUT2D eigenvalue weighted by Crippen LogP contribution is 2.27. The Hall–Kier alpha value is -2.09. The maximum atomic E-state index is 12.1. The molecule has 0 atom stereocenters. The largest absolute Gasteiger partial charge is 0.495 e. The van der Waals surface area contributed by atoms with E-state index in [1.165, 1.54) is 7.11 Å². The molecule has 2 rings (SSSR count). The number of amides is 1. The zero-order valence-electron chi connectivity index (χ0n) is 15.5. The van der Waals surface area contributed by atoms with Gasteiger partial charge in [0.25, 0.3) is 0 Å². The van der Waals surface area contributed by atoms with Crippen molar-refractivity contribution in [2.75, 3.05) is 12.4 Å². The Kier molecular flexibility index (Phi) is 7.24. The van der Waals surface area contributed by atoms with Crippen molar-refractivity contribution in [3.05, 3.63) is 53.1 Å². The molecule has 0 aromatic heterocycles. The molecule has 0 aliphatic carbocycles. The maximum Gasteiger partial charge on any atom is 0.240 e. The summed E-state index contributed by atoms with van der Waals surface area (Å²) in [6.45, 7) is 3.53. The number of benzene rings is 2. The number of aryl methyl sites for hydroxylation is 1. The fraction of sp³-hybridized carbons (Fsp3) is 0.316. The van der Waals surface area contributed by atoms with Crippen LogP contribution in [0, 0.1) is 0 Å². The molecule has 0 spiro atoms. The van der Waals surface area contributed by atoms with Crippen molar-refractivity contribution in [2.45, 2.75) is 37.6 Å². The van der Waals surface area contributed by atoms with Crippen molar-refractivity contribution >= 4 is 33.2 Å². The fourth-order valence-electron chi connectivity index (χ4n) is 2.44. The van der Waals surface area contributed by atoms with Crippen LogP contribution in [0.4, 0.5) is 5.69 Å². The zero-order chi connectivity index (χ0) is 20.0. The lowest BCUT2D eigenvalue weighted by molar-refractivity contribution is -0.116. The highest BCUT2D eigenvalue weighted by atomic mass is 35.5. The summed E-state index contributed by atoms with van der Waals surface area (Å²) < 4.78 is 31.8. The Morgan fingerprint density at radius 1 is 1.15 bits per heavy atom. The Bertz CT molecular complexity index is 896. The lowest BCUT2D eigenvalue weighted by Gasteiger charge is -2.10. The first-order valence-corrected chi connectivity index (χ1v) is 10.3. The van der Waals surface area contributed by atoms with E-state index >= 15 is 0 Å². The summed E-state index contributed by atoms with van der Waals surface area (Å²) in [7, 11) is -1.99. The summed E-state index contributed by atoms with van der Waals surface area (Å²) in [6.07, 6.45) is 0.758. The highest BCUT2D eigenvalue weighted by Gasteiger charge is 2.15. The van der Waals surface area contributed by atoms with Crippen molar-refractivity contribution in [1.29, 1.82) is 0 Å². The minimum Gasteiger partial charge on any atom is -0.495 e. The van der Waals surface area contributed by atoms with E-state index < -0.39 is 10.0 Å². The summed E-state index contributed by atoms with van der Waals surface area (Å²) in [5.74, 6) is 0.381. The number of nitrogens with one attached hydrogen (secondary N) is 2. The number of hydrogen-bond donors (Lipinski definition) is 2. The van der Waals surface area contributed by atoms with E-state index in [0.29, 0.717) is 22.9 Å². The average Bonchev–Trinajstić information content (AvgIpc) is 2.59. The van der Waals surface area contributed by atoms with Gasteiger partial charge in [0.05, 0.1) is 17.0 Å². The van der Waals surface area contributed by atoms with Gasteiger partial charge in [-0.3, -0.25) is 4.79 Å². The maximum absolute atomic E-state index is 12.1. The number of sulfonamides is 1. The standard InChI is InChI=1S/C19H23ClN2O4S/c1-13(2)22-27(24,25)16-8-4-14(5-9-16)6-11-19(23)21-15-7-10-18(26-3)17(20)12-15/h4-5,7-10,12-13,22H,6,11H2,1-3H3,(H,21,23). The van der Waals surface area contributed by atoms with Crippen LogP contribution in [-0.4, -0.2) is 27.5 Å². The first-order chi connectivity index (χ1) is 12.7.